The van der Waals surface area contributed by atoms with E-state index in [0.717, 1.165) is 22.2 Å². The number of nitrogens with zero attached hydrogens (tertiary/aromatic N) is 3. The topological polar surface area (TPSA) is 49.2 Å². The first-order valence-corrected chi connectivity index (χ1v) is 6.94. The summed E-state index contributed by atoms with van der Waals surface area (Å²) in [5, 5.41) is 10.1. The second-order valence-electron chi connectivity index (χ2n) is 4.90. The second kappa shape index (κ2) is 5.89. The molecule has 21 heavy (non-hydrogen) atoms. The van der Waals surface area contributed by atoms with E-state index in [1.54, 1.807) is 0 Å². The Morgan fingerprint density at radius 1 is 0.952 bits per heavy atom. The Morgan fingerprint density at radius 3 is 2.43 bits per heavy atom. The number of aliphatic hydroxyl groups is 1. The fourth-order valence-electron chi connectivity index (χ4n) is 2.30. The summed E-state index contributed by atoms with van der Waals surface area (Å²) in [5.74, 6) is 0.626. The first-order chi connectivity index (χ1) is 10.3. The van der Waals surface area contributed by atoms with Gasteiger partial charge in [0.1, 0.15) is 0 Å². The number of benzene rings is 2. The molecule has 3 rings (SSSR count). The van der Waals surface area contributed by atoms with E-state index in [1.807, 2.05) is 66.5 Å². The van der Waals surface area contributed by atoms with Crippen molar-refractivity contribution in [2.24, 2.45) is 0 Å². The summed E-state index contributed by atoms with van der Waals surface area (Å²) >= 11 is 0. The van der Waals surface area contributed by atoms with Crippen LogP contribution < -0.4 is 4.90 Å². The van der Waals surface area contributed by atoms with Crippen LogP contribution in [0.2, 0.25) is 0 Å². The lowest BCUT2D eigenvalue weighted by atomic mass is 10.1. The summed E-state index contributed by atoms with van der Waals surface area (Å²) in [6.45, 7) is 0.583. The lowest BCUT2D eigenvalue weighted by Crippen LogP contribution is -2.23. The number of likely N-dealkylation sites (N-methyl/N-ethyl adjacent to an activating group) is 1. The molecule has 0 atom stereocenters. The van der Waals surface area contributed by atoms with Crippen molar-refractivity contribution in [2.45, 2.75) is 0 Å². The van der Waals surface area contributed by atoms with Gasteiger partial charge in [-0.3, -0.25) is 0 Å². The van der Waals surface area contributed by atoms with Crippen LogP contribution in [0.25, 0.3) is 22.2 Å². The smallest absolute Gasteiger partial charge is 0.226 e. The number of para-hydroxylation sites is 1. The van der Waals surface area contributed by atoms with Gasteiger partial charge in [-0.2, -0.15) is 0 Å². The maximum absolute atomic E-state index is 9.10. The third-order valence-electron chi connectivity index (χ3n) is 3.42. The van der Waals surface area contributed by atoms with Gasteiger partial charge in [0, 0.05) is 24.5 Å². The van der Waals surface area contributed by atoms with Crippen LogP contribution >= 0.6 is 0 Å². The number of hydrogen-bond acceptors (Lipinski definition) is 4. The molecule has 4 heteroatoms. The molecule has 0 unspecified atom stereocenters. The van der Waals surface area contributed by atoms with Crippen molar-refractivity contribution in [1.82, 2.24) is 9.97 Å². The van der Waals surface area contributed by atoms with Crippen molar-refractivity contribution in [3.63, 3.8) is 0 Å². The third kappa shape index (κ3) is 2.71. The quantitative estimate of drug-likeness (QED) is 0.798. The van der Waals surface area contributed by atoms with E-state index < -0.39 is 0 Å². The maximum Gasteiger partial charge on any atom is 0.226 e. The Hall–Kier alpha value is -2.46. The Bertz CT molecular complexity index is 743. The molecule has 0 bridgehead atoms. The molecule has 0 saturated carbocycles. The van der Waals surface area contributed by atoms with Crippen LogP contribution in [0.3, 0.4) is 0 Å². The minimum Gasteiger partial charge on any atom is -0.395 e. The van der Waals surface area contributed by atoms with Crippen LogP contribution in [0.5, 0.6) is 0 Å². The van der Waals surface area contributed by atoms with Gasteiger partial charge < -0.3 is 10.0 Å². The molecule has 1 N–H and O–H groups in total. The van der Waals surface area contributed by atoms with Gasteiger partial charge in [0.25, 0.3) is 0 Å². The number of rotatable bonds is 4. The predicted molar refractivity (Wildman–Crippen MR) is 85.3 cm³/mol. The van der Waals surface area contributed by atoms with Gasteiger partial charge in [-0.15, -0.1) is 0 Å². The minimum atomic E-state index is 0.0767. The van der Waals surface area contributed by atoms with Crippen molar-refractivity contribution in [3.8, 4) is 11.3 Å². The summed E-state index contributed by atoms with van der Waals surface area (Å²) < 4.78 is 0. The van der Waals surface area contributed by atoms with Gasteiger partial charge in [0.15, 0.2) is 0 Å². The van der Waals surface area contributed by atoms with Crippen molar-refractivity contribution < 1.29 is 5.11 Å². The van der Waals surface area contributed by atoms with Gasteiger partial charge >= 0.3 is 0 Å². The van der Waals surface area contributed by atoms with Gasteiger partial charge in [0.05, 0.1) is 17.8 Å². The normalized spacial score (nSPS) is 10.8. The van der Waals surface area contributed by atoms with Crippen molar-refractivity contribution in [2.75, 3.05) is 25.1 Å². The van der Waals surface area contributed by atoms with Crippen molar-refractivity contribution in [1.29, 1.82) is 0 Å². The molecule has 0 amide bonds. The Balaban J connectivity index is 2.21. The monoisotopic (exact) mass is 279 g/mol. The molecule has 4 nitrogen and oxygen atoms in total. The van der Waals surface area contributed by atoms with Crippen LogP contribution in [0, 0.1) is 0 Å². The number of anilines is 1. The van der Waals surface area contributed by atoms with E-state index in [4.69, 9.17) is 10.1 Å². The average Bonchev–Trinajstić information content (AvgIpc) is 2.55. The van der Waals surface area contributed by atoms with E-state index in [2.05, 4.69) is 4.98 Å². The molecule has 0 aliphatic heterocycles. The highest BCUT2D eigenvalue weighted by atomic mass is 16.3. The van der Waals surface area contributed by atoms with Crippen LogP contribution in [0.1, 0.15) is 0 Å². The van der Waals surface area contributed by atoms with Crippen LogP contribution in [0.15, 0.2) is 54.6 Å². The third-order valence-corrected chi connectivity index (χ3v) is 3.42. The molecule has 3 aromatic rings. The minimum absolute atomic E-state index is 0.0767. The zero-order valence-corrected chi connectivity index (χ0v) is 11.9. The van der Waals surface area contributed by atoms with Gasteiger partial charge in [-0.1, -0.05) is 48.5 Å². The standard InChI is InChI=1S/C17H17N3O/c1-20(11-12-21)17-18-15-10-6-5-9-14(15)16(19-17)13-7-3-2-4-8-13/h2-10,21H,11-12H2,1H3. The van der Waals surface area contributed by atoms with Crippen molar-refractivity contribution >= 4 is 16.9 Å². The van der Waals surface area contributed by atoms with Gasteiger partial charge in [-0.25, -0.2) is 9.97 Å². The fourth-order valence-corrected chi connectivity index (χ4v) is 2.30. The van der Waals surface area contributed by atoms with Crippen LogP contribution in [-0.2, 0) is 0 Å². The lowest BCUT2D eigenvalue weighted by Gasteiger charge is -2.17. The number of aliphatic hydroxyl groups excluding tert-OH is 1. The van der Waals surface area contributed by atoms with Gasteiger partial charge in [0.2, 0.25) is 5.95 Å². The molecule has 106 valence electrons. The zero-order chi connectivity index (χ0) is 14.7. The SMILES string of the molecule is CN(CCO)c1nc(-c2ccccc2)c2ccccc2n1. The summed E-state index contributed by atoms with van der Waals surface area (Å²) in [6.07, 6.45) is 0. The Labute approximate surface area is 123 Å². The Kier molecular flexibility index (Phi) is 3.79. The maximum atomic E-state index is 9.10. The summed E-state index contributed by atoms with van der Waals surface area (Å²) in [4.78, 5) is 11.1. The highest BCUT2D eigenvalue weighted by Crippen LogP contribution is 2.27. The lowest BCUT2D eigenvalue weighted by molar-refractivity contribution is 0.303. The molecule has 0 spiro atoms. The predicted octanol–water partition coefficient (Wildman–Crippen LogP) is 2.73. The van der Waals surface area contributed by atoms with E-state index >= 15 is 0 Å². The molecule has 0 aliphatic rings. The summed E-state index contributed by atoms with van der Waals surface area (Å²) in [5.41, 5.74) is 2.89. The molecule has 0 aliphatic carbocycles. The molecular weight excluding hydrogens is 262 g/mol. The molecule has 1 aromatic heterocycles. The van der Waals surface area contributed by atoms with E-state index in [1.165, 1.54) is 0 Å². The van der Waals surface area contributed by atoms with Crippen molar-refractivity contribution in [3.05, 3.63) is 54.6 Å². The number of fused-ring (bicyclic) bond motifs is 1. The van der Waals surface area contributed by atoms with E-state index in [0.29, 0.717) is 12.5 Å². The first kappa shape index (κ1) is 13.5. The molecule has 0 radical (unpaired) electrons. The highest BCUT2D eigenvalue weighted by Gasteiger charge is 2.11. The zero-order valence-electron chi connectivity index (χ0n) is 11.9. The molecule has 0 fully saturated rings. The largest absolute Gasteiger partial charge is 0.395 e. The second-order valence-corrected chi connectivity index (χ2v) is 4.90. The molecule has 1 heterocycles. The molecular formula is C17H17N3O. The van der Waals surface area contributed by atoms with E-state index in [9.17, 15) is 0 Å². The first-order valence-electron chi connectivity index (χ1n) is 6.94. The molecule has 0 saturated heterocycles. The number of aromatic nitrogens is 2. The average molecular weight is 279 g/mol. The number of hydrogen-bond donors (Lipinski definition) is 1. The fraction of sp³-hybridized carbons (Fsp3) is 0.176. The Morgan fingerprint density at radius 2 is 1.67 bits per heavy atom. The van der Waals surface area contributed by atoms with Crippen LogP contribution in [-0.4, -0.2) is 35.3 Å². The summed E-state index contributed by atoms with van der Waals surface area (Å²) in [6, 6.07) is 18.1. The molecule has 2 aromatic carbocycles. The van der Waals surface area contributed by atoms with Gasteiger partial charge in [-0.05, 0) is 6.07 Å². The van der Waals surface area contributed by atoms with E-state index in [-0.39, 0.29) is 6.61 Å². The highest BCUT2D eigenvalue weighted by molar-refractivity contribution is 5.93. The summed E-state index contributed by atoms with van der Waals surface area (Å²) in [7, 11) is 1.88. The van der Waals surface area contributed by atoms with Crippen LogP contribution in [0.4, 0.5) is 5.95 Å².